The molecule has 0 aliphatic carbocycles. The van der Waals surface area contributed by atoms with E-state index in [0.29, 0.717) is 55.2 Å². The van der Waals surface area contributed by atoms with Crippen LogP contribution in [0.2, 0.25) is 0 Å². The molecule has 1 aliphatic heterocycles. The number of nitrogens with zero attached hydrogens (tertiary/aromatic N) is 4. The lowest BCUT2D eigenvalue weighted by Gasteiger charge is -2.26. The average molecular weight is 527 g/mol. The molecule has 9 heteroatoms. The predicted octanol–water partition coefficient (Wildman–Crippen LogP) is 3.62. The Bertz CT molecular complexity index is 1250. The van der Waals surface area contributed by atoms with Crippen LogP contribution >= 0.6 is 15.9 Å². The molecule has 0 N–H and O–H groups in total. The Morgan fingerprint density at radius 2 is 2.06 bits per heavy atom. The zero-order valence-electron chi connectivity index (χ0n) is 19.1. The SMILES string of the molecule is CCCCc1nc2ccc(Br)cc2c(=O)n1N=Cc1cccc(OCC(=O)N2CCOCC2)c1. The van der Waals surface area contributed by atoms with Crippen molar-refractivity contribution in [2.24, 2.45) is 5.10 Å². The van der Waals surface area contributed by atoms with Crippen LogP contribution in [0.4, 0.5) is 0 Å². The van der Waals surface area contributed by atoms with Gasteiger partial charge in [0.25, 0.3) is 11.5 Å². The molecular formula is C25H27BrN4O4. The number of ether oxygens (including phenoxy) is 2. The van der Waals surface area contributed by atoms with Crippen LogP contribution in [0.5, 0.6) is 5.75 Å². The number of benzene rings is 2. The van der Waals surface area contributed by atoms with Gasteiger partial charge in [0, 0.05) is 24.0 Å². The third-order valence-corrected chi connectivity index (χ3v) is 6.03. The largest absolute Gasteiger partial charge is 0.484 e. The minimum Gasteiger partial charge on any atom is -0.484 e. The summed E-state index contributed by atoms with van der Waals surface area (Å²) >= 11 is 3.42. The first-order valence-corrected chi connectivity index (χ1v) is 12.2. The lowest BCUT2D eigenvalue weighted by molar-refractivity contribution is -0.137. The van der Waals surface area contributed by atoms with E-state index in [2.05, 4.69) is 28.0 Å². The van der Waals surface area contributed by atoms with Crippen molar-refractivity contribution in [2.75, 3.05) is 32.9 Å². The maximum Gasteiger partial charge on any atom is 0.282 e. The number of morpholine rings is 1. The maximum absolute atomic E-state index is 13.2. The van der Waals surface area contributed by atoms with E-state index in [1.54, 1.807) is 29.3 Å². The van der Waals surface area contributed by atoms with Crippen LogP contribution in [0.15, 0.2) is 56.8 Å². The molecule has 0 bridgehead atoms. The number of amides is 1. The van der Waals surface area contributed by atoms with Crippen LogP contribution in [0.25, 0.3) is 10.9 Å². The molecule has 1 aliphatic rings. The molecule has 0 saturated carbocycles. The van der Waals surface area contributed by atoms with Crippen LogP contribution in [-0.2, 0) is 16.0 Å². The second-order valence-corrected chi connectivity index (χ2v) is 8.92. The van der Waals surface area contributed by atoms with Gasteiger partial charge in [-0.2, -0.15) is 9.78 Å². The van der Waals surface area contributed by atoms with Crippen molar-refractivity contribution in [1.82, 2.24) is 14.6 Å². The van der Waals surface area contributed by atoms with Crippen molar-refractivity contribution in [2.45, 2.75) is 26.2 Å². The van der Waals surface area contributed by atoms with Gasteiger partial charge in [-0.3, -0.25) is 9.59 Å². The zero-order chi connectivity index (χ0) is 23.9. The number of rotatable bonds is 8. The van der Waals surface area contributed by atoms with Crippen molar-refractivity contribution in [1.29, 1.82) is 0 Å². The third kappa shape index (κ3) is 5.90. The number of carbonyl (C=O) groups is 1. The maximum atomic E-state index is 13.2. The molecule has 0 unspecified atom stereocenters. The lowest BCUT2D eigenvalue weighted by Crippen LogP contribution is -2.42. The number of hydrogen-bond acceptors (Lipinski definition) is 6. The number of carbonyl (C=O) groups excluding carboxylic acids is 1. The Kier molecular flexibility index (Phi) is 8.08. The van der Waals surface area contributed by atoms with Gasteiger partial charge in [0.15, 0.2) is 6.61 Å². The summed E-state index contributed by atoms with van der Waals surface area (Å²) in [6.45, 7) is 4.33. The Hall–Kier alpha value is -3.04. The fourth-order valence-corrected chi connectivity index (χ4v) is 4.03. The number of unbranched alkanes of at least 4 members (excludes halogenated alkanes) is 1. The fourth-order valence-electron chi connectivity index (χ4n) is 3.67. The first-order chi connectivity index (χ1) is 16.5. The number of hydrogen-bond donors (Lipinski definition) is 0. The lowest BCUT2D eigenvalue weighted by atomic mass is 10.2. The van der Waals surface area contributed by atoms with Gasteiger partial charge in [-0.05, 0) is 42.3 Å². The molecule has 2 heterocycles. The summed E-state index contributed by atoms with van der Waals surface area (Å²) in [5, 5.41) is 4.98. The molecule has 1 saturated heterocycles. The molecule has 3 aromatic rings. The standard InChI is InChI=1S/C25H27BrN4O4/c1-2-3-7-23-28-22-9-8-19(26)15-21(22)25(32)30(23)27-16-18-5-4-6-20(14-18)34-17-24(31)29-10-12-33-13-11-29/h4-6,8-9,14-16H,2-3,7,10-13,17H2,1H3. The smallest absolute Gasteiger partial charge is 0.282 e. The van der Waals surface area contributed by atoms with Crippen molar-refractivity contribution in [3.05, 3.63) is 68.7 Å². The van der Waals surface area contributed by atoms with Gasteiger partial charge in [-0.1, -0.05) is 41.4 Å². The van der Waals surface area contributed by atoms with E-state index in [9.17, 15) is 9.59 Å². The Morgan fingerprint density at radius 3 is 2.85 bits per heavy atom. The quantitative estimate of drug-likeness (QED) is 0.418. The number of aromatic nitrogens is 2. The summed E-state index contributed by atoms with van der Waals surface area (Å²) in [6.07, 6.45) is 4.16. The first-order valence-electron chi connectivity index (χ1n) is 11.4. The number of fused-ring (bicyclic) bond motifs is 1. The van der Waals surface area contributed by atoms with E-state index in [1.165, 1.54) is 4.68 Å². The minimum absolute atomic E-state index is 0.0370. The minimum atomic E-state index is -0.211. The van der Waals surface area contributed by atoms with E-state index in [1.807, 2.05) is 24.3 Å². The predicted molar refractivity (Wildman–Crippen MR) is 135 cm³/mol. The summed E-state index contributed by atoms with van der Waals surface area (Å²) in [6, 6.07) is 12.7. The summed E-state index contributed by atoms with van der Waals surface area (Å²) in [5.74, 6) is 1.12. The van der Waals surface area contributed by atoms with E-state index in [-0.39, 0.29) is 18.1 Å². The summed E-state index contributed by atoms with van der Waals surface area (Å²) in [4.78, 5) is 32.0. The second-order valence-electron chi connectivity index (χ2n) is 8.01. The van der Waals surface area contributed by atoms with Crippen molar-refractivity contribution in [3.8, 4) is 5.75 Å². The molecular weight excluding hydrogens is 500 g/mol. The molecule has 178 valence electrons. The normalized spacial score (nSPS) is 14.1. The van der Waals surface area contributed by atoms with Gasteiger partial charge >= 0.3 is 0 Å². The van der Waals surface area contributed by atoms with E-state index >= 15 is 0 Å². The topological polar surface area (TPSA) is 86.0 Å². The summed E-state index contributed by atoms with van der Waals surface area (Å²) in [5.41, 5.74) is 1.20. The number of halogens is 1. The Balaban J connectivity index is 1.54. The van der Waals surface area contributed by atoms with Crippen LogP contribution in [0, 0.1) is 0 Å². The third-order valence-electron chi connectivity index (χ3n) is 5.54. The van der Waals surface area contributed by atoms with E-state index < -0.39 is 0 Å². The highest BCUT2D eigenvalue weighted by molar-refractivity contribution is 9.10. The van der Waals surface area contributed by atoms with Gasteiger partial charge in [0.1, 0.15) is 11.6 Å². The van der Waals surface area contributed by atoms with Crippen LogP contribution in [0.3, 0.4) is 0 Å². The second kappa shape index (κ2) is 11.4. The van der Waals surface area contributed by atoms with Crippen molar-refractivity contribution >= 4 is 39.0 Å². The first kappa shape index (κ1) is 24.1. The van der Waals surface area contributed by atoms with E-state index in [0.717, 1.165) is 22.9 Å². The molecule has 1 fully saturated rings. The van der Waals surface area contributed by atoms with Gasteiger partial charge in [0.05, 0.1) is 30.3 Å². The molecule has 0 atom stereocenters. The monoisotopic (exact) mass is 526 g/mol. The van der Waals surface area contributed by atoms with Gasteiger partial charge < -0.3 is 14.4 Å². The van der Waals surface area contributed by atoms with Crippen molar-refractivity contribution < 1.29 is 14.3 Å². The molecule has 0 radical (unpaired) electrons. The molecule has 34 heavy (non-hydrogen) atoms. The fraction of sp³-hybridized carbons (Fsp3) is 0.360. The molecule has 2 aromatic carbocycles. The van der Waals surface area contributed by atoms with Gasteiger partial charge in [-0.25, -0.2) is 4.98 Å². The Labute approximate surface area is 206 Å². The molecule has 1 aromatic heterocycles. The number of aryl methyl sites for hydroxylation is 1. The van der Waals surface area contributed by atoms with E-state index in [4.69, 9.17) is 14.5 Å². The molecule has 8 nitrogen and oxygen atoms in total. The highest BCUT2D eigenvalue weighted by atomic mass is 79.9. The van der Waals surface area contributed by atoms with Crippen LogP contribution in [0.1, 0.15) is 31.2 Å². The zero-order valence-corrected chi connectivity index (χ0v) is 20.7. The molecule has 4 rings (SSSR count). The molecule has 1 amide bonds. The van der Waals surface area contributed by atoms with Crippen LogP contribution in [-0.4, -0.2) is 59.6 Å². The molecule has 0 spiro atoms. The average Bonchev–Trinajstić information content (AvgIpc) is 2.87. The summed E-state index contributed by atoms with van der Waals surface area (Å²) in [7, 11) is 0. The van der Waals surface area contributed by atoms with Gasteiger partial charge in [0.2, 0.25) is 0 Å². The highest BCUT2D eigenvalue weighted by Gasteiger charge is 2.17. The summed E-state index contributed by atoms with van der Waals surface area (Å²) < 4.78 is 13.2. The highest BCUT2D eigenvalue weighted by Crippen LogP contribution is 2.17. The van der Waals surface area contributed by atoms with Gasteiger partial charge in [-0.15, -0.1) is 0 Å². The van der Waals surface area contributed by atoms with Crippen LogP contribution < -0.4 is 10.3 Å². The van der Waals surface area contributed by atoms with Crippen molar-refractivity contribution in [3.63, 3.8) is 0 Å². The Morgan fingerprint density at radius 1 is 1.24 bits per heavy atom.